The molecule has 1 aliphatic heterocycles. The van der Waals surface area contributed by atoms with E-state index in [2.05, 4.69) is 10.3 Å². The third kappa shape index (κ3) is 2.76. The lowest BCUT2D eigenvalue weighted by atomic mass is 9.98. The number of halogens is 1. The molecule has 3 rings (SSSR count). The van der Waals surface area contributed by atoms with Gasteiger partial charge >= 0.3 is 0 Å². The Kier molecular flexibility index (Phi) is 3.98. The van der Waals surface area contributed by atoms with Crippen molar-refractivity contribution in [2.24, 2.45) is 5.92 Å². The predicted octanol–water partition coefficient (Wildman–Crippen LogP) is 1.97. The normalized spacial score (nSPS) is 18.3. The molecule has 6 heteroatoms. The van der Waals surface area contributed by atoms with Gasteiger partial charge in [0, 0.05) is 24.7 Å². The summed E-state index contributed by atoms with van der Waals surface area (Å²) >= 11 is 0. The Balaban J connectivity index is 2.07. The zero-order valence-corrected chi connectivity index (χ0v) is 13.0. The molecule has 120 valence electrons. The summed E-state index contributed by atoms with van der Waals surface area (Å²) < 4.78 is 13.9. The number of nitrogens with one attached hydrogen (secondary N) is 1. The average molecular weight is 315 g/mol. The SMILES string of the molecule is CC(C)C1C(=O)NCCN1C(=O)c1cc(F)cc2cccnc12. The van der Waals surface area contributed by atoms with Gasteiger partial charge in [-0.15, -0.1) is 0 Å². The molecule has 23 heavy (non-hydrogen) atoms. The molecule has 5 nitrogen and oxygen atoms in total. The molecule has 1 N–H and O–H groups in total. The molecule has 2 aromatic rings. The number of hydrogen-bond acceptors (Lipinski definition) is 3. The van der Waals surface area contributed by atoms with E-state index >= 15 is 0 Å². The highest BCUT2D eigenvalue weighted by Crippen LogP contribution is 2.23. The van der Waals surface area contributed by atoms with Gasteiger partial charge < -0.3 is 10.2 Å². The molecule has 1 atom stereocenters. The van der Waals surface area contributed by atoms with Crippen LogP contribution < -0.4 is 5.32 Å². The van der Waals surface area contributed by atoms with E-state index in [0.717, 1.165) is 0 Å². The van der Waals surface area contributed by atoms with Crippen LogP contribution in [0.1, 0.15) is 24.2 Å². The average Bonchev–Trinajstić information content (AvgIpc) is 2.52. The van der Waals surface area contributed by atoms with Crippen LogP contribution >= 0.6 is 0 Å². The number of hydrogen-bond donors (Lipinski definition) is 1. The molecule has 1 aromatic heterocycles. The predicted molar refractivity (Wildman–Crippen MR) is 84.4 cm³/mol. The number of carbonyl (C=O) groups excluding carboxylic acids is 2. The van der Waals surface area contributed by atoms with Gasteiger partial charge in [-0.3, -0.25) is 14.6 Å². The summed E-state index contributed by atoms with van der Waals surface area (Å²) in [6.45, 7) is 4.57. The monoisotopic (exact) mass is 315 g/mol. The fourth-order valence-electron chi connectivity index (χ4n) is 3.05. The molecule has 2 heterocycles. The summed E-state index contributed by atoms with van der Waals surface area (Å²) in [6.07, 6.45) is 1.57. The molecule has 0 saturated carbocycles. The summed E-state index contributed by atoms with van der Waals surface area (Å²) in [5, 5.41) is 3.34. The van der Waals surface area contributed by atoms with Crippen LogP contribution in [-0.4, -0.2) is 40.8 Å². The first-order chi connectivity index (χ1) is 11.0. The molecule has 0 spiro atoms. The van der Waals surface area contributed by atoms with Gasteiger partial charge in [0.1, 0.15) is 11.9 Å². The van der Waals surface area contributed by atoms with Crippen LogP contribution in [0.5, 0.6) is 0 Å². The Morgan fingerprint density at radius 3 is 2.96 bits per heavy atom. The Labute approximate surface area is 133 Å². The number of nitrogens with zero attached hydrogens (tertiary/aromatic N) is 2. The molecule has 0 bridgehead atoms. The molecule has 1 fully saturated rings. The van der Waals surface area contributed by atoms with Gasteiger partial charge in [-0.05, 0) is 24.1 Å². The van der Waals surface area contributed by atoms with E-state index in [4.69, 9.17) is 0 Å². The molecule has 0 radical (unpaired) electrons. The van der Waals surface area contributed by atoms with E-state index in [1.54, 1.807) is 18.3 Å². The Morgan fingerprint density at radius 1 is 1.43 bits per heavy atom. The highest BCUT2D eigenvalue weighted by Gasteiger charge is 2.36. The van der Waals surface area contributed by atoms with Crippen molar-refractivity contribution in [3.05, 3.63) is 41.8 Å². The van der Waals surface area contributed by atoms with Crippen LogP contribution in [0.2, 0.25) is 0 Å². The Morgan fingerprint density at radius 2 is 2.22 bits per heavy atom. The summed E-state index contributed by atoms with van der Waals surface area (Å²) in [4.78, 5) is 30.8. The molecular weight excluding hydrogens is 297 g/mol. The smallest absolute Gasteiger partial charge is 0.256 e. The van der Waals surface area contributed by atoms with E-state index in [9.17, 15) is 14.0 Å². The van der Waals surface area contributed by atoms with Crippen LogP contribution in [-0.2, 0) is 4.79 Å². The maximum atomic E-state index is 13.9. The topological polar surface area (TPSA) is 62.3 Å². The number of pyridine rings is 1. The number of piperazine rings is 1. The largest absolute Gasteiger partial charge is 0.353 e. The van der Waals surface area contributed by atoms with Crippen molar-refractivity contribution in [1.29, 1.82) is 0 Å². The lowest BCUT2D eigenvalue weighted by Crippen LogP contribution is -2.59. The summed E-state index contributed by atoms with van der Waals surface area (Å²) in [6, 6.07) is 5.40. The Hall–Kier alpha value is -2.50. The molecule has 1 aliphatic rings. The van der Waals surface area contributed by atoms with Crippen molar-refractivity contribution in [2.75, 3.05) is 13.1 Å². The van der Waals surface area contributed by atoms with E-state index in [0.29, 0.717) is 24.0 Å². The van der Waals surface area contributed by atoms with E-state index in [-0.39, 0.29) is 23.3 Å². The fourth-order valence-corrected chi connectivity index (χ4v) is 3.05. The highest BCUT2D eigenvalue weighted by molar-refractivity contribution is 6.07. The fraction of sp³-hybridized carbons (Fsp3) is 0.353. The number of aromatic nitrogens is 1. The van der Waals surface area contributed by atoms with Gasteiger partial charge in [0.25, 0.3) is 5.91 Å². The first kappa shape index (κ1) is 15.4. The molecule has 0 aliphatic carbocycles. The van der Waals surface area contributed by atoms with Crippen molar-refractivity contribution in [1.82, 2.24) is 15.2 Å². The third-order valence-corrected chi connectivity index (χ3v) is 4.05. The molecule has 1 unspecified atom stereocenters. The summed E-state index contributed by atoms with van der Waals surface area (Å²) in [5.41, 5.74) is 0.647. The number of carbonyl (C=O) groups is 2. The minimum atomic E-state index is -0.557. The number of rotatable bonds is 2. The summed E-state index contributed by atoms with van der Waals surface area (Å²) in [7, 11) is 0. The van der Waals surface area contributed by atoms with Gasteiger partial charge in [-0.25, -0.2) is 4.39 Å². The van der Waals surface area contributed by atoms with Crippen molar-refractivity contribution in [3.8, 4) is 0 Å². The molecule has 1 aromatic carbocycles. The highest BCUT2D eigenvalue weighted by atomic mass is 19.1. The lowest BCUT2D eigenvalue weighted by molar-refractivity contribution is -0.129. The molecule has 1 saturated heterocycles. The van der Waals surface area contributed by atoms with Gasteiger partial charge in [0.2, 0.25) is 5.91 Å². The minimum Gasteiger partial charge on any atom is -0.353 e. The zero-order chi connectivity index (χ0) is 16.6. The van der Waals surface area contributed by atoms with Crippen LogP contribution in [0.15, 0.2) is 30.5 Å². The van der Waals surface area contributed by atoms with Crippen LogP contribution in [0, 0.1) is 11.7 Å². The minimum absolute atomic E-state index is 0.0352. The molecular formula is C17H18FN3O2. The second-order valence-electron chi connectivity index (χ2n) is 6.01. The van der Waals surface area contributed by atoms with Crippen molar-refractivity contribution in [2.45, 2.75) is 19.9 Å². The first-order valence-corrected chi connectivity index (χ1v) is 7.62. The Bertz CT molecular complexity index is 776. The summed E-state index contributed by atoms with van der Waals surface area (Å²) in [5.74, 6) is -1.06. The maximum Gasteiger partial charge on any atom is 0.256 e. The van der Waals surface area contributed by atoms with E-state index in [1.807, 2.05) is 13.8 Å². The first-order valence-electron chi connectivity index (χ1n) is 7.62. The van der Waals surface area contributed by atoms with Gasteiger partial charge in [-0.1, -0.05) is 19.9 Å². The third-order valence-electron chi connectivity index (χ3n) is 4.05. The maximum absolute atomic E-state index is 13.9. The van der Waals surface area contributed by atoms with Crippen LogP contribution in [0.25, 0.3) is 10.9 Å². The number of fused-ring (bicyclic) bond motifs is 1. The molecule has 2 amide bonds. The van der Waals surface area contributed by atoms with Gasteiger partial charge in [0.05, 0.1) is 11.1 Å². The number of amides is 2. The zero-order valence-electron chi connectivity index (χ0n) is 13.0. The van der Waals surface area contributed by atoms with Crippen LogP contribution in [0.3, 0.4) is 0 Å². The quantitative estimate of drug-likeness (QED) is 0.921. The number of benzene rings is 1. The standard InChI is InChI=1S/C17H18FN3O2/c1-10(2)15-16(22)20-6-7-21(15)17(23)13-9-12(18)8-11-4-3-5-19-14(11)13/h3-5,8-10,15H,6-7H2,1-2H3,(H,20,22). The van der Waals surface area contributed by atoms with Crippen molar-refractivity contribution < 1.29 is 14.0 Å². The van der Waals surface area contributed by atoms with Gasteiger partial charge in [0.15, 0.2) is 0 Å². The van der Waals surface area contributed by atoms with Crippen molar-refractivity contribution in [3.63, 3.8) is 0 Å². The lowest BCUT2D eigenvalue weighted by Gasteiger charge is -2.37. The van der Waals surface area contributed by atoms with E-state index in [1.165, 1.54) is 17.0 Å². The second-order valence-corrected chi connectivity index (χ2v) is 6.01. The van der Waals surface area contributed by atoms with Crippen LogP contribution in [0.4, 0.5) is 4.39 Å². The second kappa shape index (κ2) is 5.95. The van der Waals surface area contributed by atoms with Crippen molar-refractivity contribution >= 4 is 22.7 Å². The van der Waals surface area contributed by atoms with E-state index < -0.39 is 11.9 Å². The van der Waals surface area contributed by atoms with Gasteiger partial charge in [-0.2, -0.15) is 0 Å².